The highest BCUT2D eigenvalue weighted by atomic mass is 79.9. The smallest absolute Gasteiger partial charge is 0.106 e. The van der Waals surface area contributed by atoms with Crippen molar-refractivity contribution >= 4 is 40.7 Å². The summed E-state index contributed by atoms with van der Waals surface area (Å²) in [5.74, 6) is 0. The number of aromatic nitrogens is 1. The first-order valence-corrected chi connectivity index (χ1v) is 7.27. The standard InChI is InChI=1S/C14H20BrN3.2ClH/c1-2-3-4-13(18-9-7-16-8-10-18)12-5-6-17-14(15)11-12;;/h2,5-6,11,13,16H,1,3-4,7-10H2;2*1H/t13-;;/m1../s1. The van der Waals surface area contributed by atoms with Gasteiger partial charge in [0.05, 0.1) is 0 Å². The SMILES string of the molecule is C=CCC[C@H](c1ccnc(Br)c1)N1CCNCC1.Cl.Cl. The van der Waals surface area contributed by atoms with Crippen LogP contribution in [0.15, 0.2) is 35.6 Å². The zero-order valence-electron chi connectivity index (χ0n) is 11.4. The molecule has 2 rings (SSSR count). The molecule has 1 saturated heterocycles. The monoisotopic (exact) mass is 381 g/mol. The third-order valence-corrected chi connectivity index (χ3v) is 3.81. The summed E-state index contributed by atoms with van der Waals surface area (Å²) in [4.78, 5) is 6.77. The summed E-state index contributed by atoms with van der Waals surface area (Å²) in [6, 6.07) is 4.74. The Morgan fingerprint density at radius 3 is 2.70 bits per heavy atom. The fourth-order valence-corrected chi connectivity index (χ4v) is 2.84. The molecular formula is C14H22BrCl2N3. The summed E-state index contributed by atoms with van der Waals surface area (Å²) in [7, 11) is 0. The van der Waals surface area contributed by atoms with Gasteiger partial charge in [0.1, 0.15) is 4.60 Å². The molecule has 2 heterocycles. The minimum atomic E-state index is 0. The van der Waals surface area contributed by atoms with E-state index in [2.05, 4.69) is 49.8 Å². The van der Waals surface area contributed by atoms with Crippen LogP contribution in [0.5, 0.6) is 0 Å². The molecule has 0 amide bonds. The van der Waals surface area contributed by atoms with E-state index in [-0.39, 0.29) is 24.8 Å². The molecule has 1 atom stereocenters. The average molecular weight is 383 g/mol. The van der Waals surface area contributed by atoms with E-state index in [1.165, 1.54) is 5.56 Å². The second-order valence-electron chi connectivity index (χ2n) is 4.58. The van der Waals surface area contributed by atoms with Gasteiger partial charge in [-0.05, 0) is 46.5 Å². The van der Waals surface area contributed by atoms with Crippen LogP contribution in [0.3, 0.4) is 0 Å². The minimum Gasteiger partial charge on any atom is -0.314 e. The van der Waals surface area contributed by atoms with Gasteiger partial charge < -0.3 is 5.32 Å². The summed E-state index contributed by atoms with van der Waals surface area (Å²) >= 11 is 3.46. The van der Waals surface area contributed by atoms with E-state index in [1.54, 1.807) is 0 Å². The molecule has 20 heavy (non-hydrogen) atoms. The molecule has 0 saturated carbocycles. The quantitative estimate of drug-likeness (QED) is 0.622. The molecule has 3 nitrogen and oxygen atoms in total. The maximum absolute atomic E-state index is 4.21. The highest BCUT2D eigenvalue weighted by Gasteiger charge is 2.21. The second kappa shape index (κ2) is 10.6. The van der Waals surface area contributed by atoms with E-state index in [0.29, 0.717) is 6.04 Å². The van der Waals surface area contributed by atoms with E-state index < -0.39 is 0 Å². The lowest BCUT2D eigenvalue weighted by Crippen LogP contribution is -2.45. The summed E-state index contributed by atoms with van der Waals surface area (Å²) in [6.07, 6.45) is 6.06. The lowest BCUT2D eigenvalue weighted by atomic mass is 10.0. The number of nitrogens with one attached hydrogen (secondary N) is 1. The van der Waals surface area contributed by atoms with Crippen LogP contribution in [0.2, 0.25) is 0 Å². The summed E-state index contributed by atoms with van der Waals surface area (Å²) < 4.78 is 0.915. The number of rotatable bonds is 5. The Morgan fingerprint density at radius 2 is 2.10 bits per heavy atom. The van der Waals surface area contributed by atoms with Crippen molar-refractivity contribution in [3.05, 3.63) is 41.2 Å². The molecule has 114 valence electrons. The van der Waals surface area contributed by atoms with Crippen molar-refractivity contribution in [2.24, 2.45) is 0 Å². The molecule has 0 radical (unpaired) electrons. The first-order valence-electron chi connectivity index (χ1n) is 6.48. The molecule has 1 aliphatic heterocycles. The third kappa shape index (κ3) is 5.70. The molecule has 1 aromatic heterocycles. The number of halogens is 3. The number of hydrogen-bond acceptors (Lipinski definition) is 3. The zero-order chi connectivity index (χ0) is 12.8. The van der Waals surface area contributed by atoms with Gasteiger partial charge in [0.15, 0.2) is 0 Å². The Balaban J connectivity index is 0.00000180. The highest BCUT2D eigenvalue weighted by Crippen LogP contribution is 2.27. The predicted octanol–water partition coefficient (Wildman–Crippen LogP) is 3.60. The van der Waals surface area contributed by atoms with E-state index in [4.69, 9.17) is 0 Å². The molecule has 1 aliphatic rings. The van der Waals surface area contributed by atoms with Crippen molar-refractivity contribution in [2.45, 2.75) is 18.9 Å². The first kappa shape index (κ1) is 19.9. The number of pyridine rings is 1. The average Bonchev–Trinajstić information content (AvgIpc) is 2.40. The zero-order valence-corrected chi connectivity index (χ0v) is 14.6. The third-order valence-electron chi connectivity index (χ3n) is 3.37. The number of hydrogen-bond donors (Lipinski definition) is 1. The molecule has 0 spiro atoms. The fourth-order valence-electron chi connectivity index (χ4n) is 2.45. The van der Waals surface area contributed by atoms with Gasteiger partial charge >= 0.3 is 0 Å². The lowest BCUT2D eigenvalue weighted by molar-refractivity contribution is 0.166. The second-order valence-corrected chi connectivity index (χ2v) is 5.39. The summed E-state index contributed by atoms with van der Waals surface area (Å²) in [5, 5.41) is 3.41. The van der Waals surface area contributed by atoms with Crippen molar-refractivity contribution in [2.75, 3.05) is 26.2 Å². The Morgan fingerprint density at radius 1 is 1.40 bits per heavy atom. The Kier molecular flexibility index (Phi) is 10.5. The molecule has 1 aromatic rings. The molecule has 0 aromatic carbocycles. The normalized spacial score (nSPS) is 16.6. The van der Waals surface area contributed by atoms with E-state index in [1.807, 2.05) is 12.3 Å². The van der Waals surface area contributed by atoms with Crippen LogP contribution in [-0.2, 0) is 0 Å². The van der Waals surface area contributed by atoms with Crippen LogP contribution in [0.1, 0.15) is 24.4 Å². The van der Waals surface area contributed by atoms with Crippen LogP contribution < -0.4 is 5.32 Å². The maximum Gasteiger partial charge on any atom is 0.106 e. The Bertz CT molecular complexity index is 398. The van der Waals surface area contributed by atoms with Gasteiger partial charge in [-0.15, -0.1) is 31.4 Å². The van der Waals surface area contributed by atoms with Gasteiger partial charge in [-0.25, -0.2) is 4.98 Å². The van der Waals surface area contributed by atoms with Gasteiger partial charge in [0.2, 0.25) is 0 Å². The first-order chi connectivity index (χ1) is 8.81. The molecule has 6 heteroatoms. The van der Waals surface area contributed by atoms with Crippen molar-refractivity contribution < 1.29 is 0 Å². The predicted molar refractivity (Wildman–Crippen MR) is 93.0 cm³/mol. The lowest BCUT2D eigenvalue weighted by Gasteiger charge is -2.35. The van der Waals surface area contributed by atoms with Crippen LogP contribution in [0.4, 0.5) is 0 Å². The van der Waals surface area contributed by atoms with Gasteiger partial charge in [-0.1, -0.05) is 6.08 Å². The molecular weight excluding hydrogens is 361 g/mol. The number of allylic oxidation sites excluding steroid dienone is 1. The summed E-state index contributed by atoms with van der Waals surface area (Å²) in [6.45, 7) is 8.22. The molecule has 1 N–H and O–H groups in total. The summed E-state index contributed by atoms with van der Waals surface area (Å²) in [5.41, 5.74) is 1.35. The van der Waals surface area contributed by atoms with E-state index in [0.717, 1.165) is 43.6 Å². The molecule has 1 fully saturated rings. The molecule has 0 bridgehead atoms. The fraction of sp³-hybridized carbons (Fsp3) is 0.500. The van der Waals surface area contributed by atoms with Crippen LogP contribution in [-0.4, -0.2) is 36.1 Å². The number of nitrogens with zero attached hydrogens (tertiary/aromatic N) is 2. The van der Waals surface area contributed by atoms with Gasteiger partial charge in [0.25, 0.3) is 0 Å². The van der Waals surface area contributed by atoms with Crippen molar-refractivity contribution in [3.8, 4) is 0 Å². The molecule has 0 unspecified atom stereocenters. The van der Waals surface area contributed by atoms with Gasteiger partial charge in [-0.3, -0.25) is 4.90 Å². The van der Waals surface area contributed by atoms with Crippen molar-refractivity contribution in [1.29, 1.82) is 0 Å². The van der Waals surface area contributed by atoms with Gasteiger partial charge in [-0.2, -0.15) is 0 Å². The highest BCUT2D eigenvalue weighted by molar-refractivity contribution is 9.10. The Labute approximate surface area is 142 Å². The largest absolute Gasteiger partial charge is 0.314 e. The van der Waals surface area contributed by atoms with Crippen LogP contribution in [0.25, 0.3) is 0 Å². The van der Waals surface area contributed by atoms with E-state index >= 15 is 0 Å². The molecule has 0 aliphatic carbocycles. The minimum absolute atomic E-state index is 0. The van der Waals surface area contributed by atoms with Crippen molar-refractivity contribution in [3.63, 3.8) is 0 Å². The number of piperazine rings is 1. The maximum atomic E-state index is 4.21. The van der Waals surface area contributed by atoms with Crippen LogP contribution in [0, 0.1) is 0 Å². The van der Waals surface area contributed by atoms with Gasteiger partial charge in [0, 0.05) is 38.4 Å². The Hall–Kier alpha value is -0.130. The van der Waals surface area contributed by atoms with Crippen molar-refractivity contribution in [1.82, 2.24) is 15.2 Å². The van der Waals surface area contributed by atoms with E-state index in [9.17, 15) is 0 Å². The van der Waals surface area contributed by atoms with Crippen LogP contribution >= 0.6 is 40.7 Å². The topological polar surface area (TPSA) is 28.2 Å².